The highest BCUT2D eigenvalue weighted by molar-refractivity contribution is 6.32. The zero-order valence-electron chi connectivity index (χ0n) is 9.63. The lowest BCUT2D eigenvalue weighted by Gasteiger charge is -2.10. The monoisotopic (exact) mass is 242 g/mol. The molecule has 0 bridgehead atoms. The molecule has 1 aromatic carbocycles. The predicted molar refractivity (Wildman–Crippen MR) is 69.4 cm³/mol. The zero-order valence-corrected chi connectivity index (χ0v) is 10.4. The molecular weight excluding hydrogens is 224 g/mol. The van der Waals surface area contributed by atoms with E-state index in [1.807, 2.05) is 18.2 Å². The third-order valence-corrected chi connectivity index (χ3v) is 2.40. The van der Waals surface area contributed by atoms with Crippen LogP contribution in [0.4, 0.5) is 5.69 Å². The predicted octanol–water partition coefficient (Wildman–Crippen LogP) is 2.89. The lowest BCUT2D eigenvalue weighted by Crippen LogP contribution is -2.08. The molecule has 4 heteroatoms. The van der Waals surface area contributed by atoms with Crippen LogP contribution < -0.4 is 15.8 Å². The number of benzene rings is 1. The largest absolute Gasteiger partial charge is 0.492 e. The number of hydrogen-bond donors (Lipinski definition) is 2. The van der Waals surface area contributed by atoms with E-state index in [0.29, 0.717) is 18.2 Å². The average Bonchev–Trinajstić information content (AvgIpc) is 2.28. The summed E-state index contributed by atoms with van der Waals surface area (Å²) < 4.78 is 5.49. The van der Waals surface area contributed by atoms with Gasteiger partial charge in [-0.3, -0.25) is 0 Å². The van der Waals surface area contributed by atoms with E-state index in [-0.39, 0.29) is 0 Å². The molecule has 0 radical (unpaired) electrons. The fourth-order valence-corrected chi connectivity index (χ4v) is 1.51. The summed E-state index contributed by atoms with van der Waals surface area (Å²) in [6, 6.07) is 5.74. The van der Waals surface area contributed by atoms with Gasteiger partial charge in [0.05, 0.1) is 11.6 Å². The summed E-state index contributed by atoms with van der Waals surface area (Å²) in [5.74, 6) is 0.743. The Hall–Kier alpha value is -0.930. The van der Waals surface area contributed by atoms with E-state index in [1.54, 1.807) is 0 Å². The first-order chi connectivity index (χ1) is 7.77. The van der Waals surface area contributed by atoms with Crippen molar-refractivity contribution in [3.8, 4) is 5.75 Å². The molecule has 0 aliphatic rings. The molecule has 0 atom stereocenters. The van der Waals surface area contributed by atoms with Crippen molar-refractivity contribution in [3.05, 3.63) is 23.2 Å². The van der Waals surface area contributed by atoms with Gasteiger partial charge in [0.1, 0.15) is 5.75 Å². The number of hydrogen-bond acceptors (Lipinski definition) is 3. The molecule has 1 aromatic rings. The molecule has 0 saturated carbocycles. The molecule has 1 rings (SSSR count). The van der Waals surface area contributed by atoms with Gasteiger partial charge in [0.15, 0.2) is 0 Å². The minimum Gasteiger partial charge on any atom is -0.492 e. The molecule has 0 aliphatic heterocycles. The topological polar surface area (TPSA) is 47.3 Å². The Bertz CT molecular complexity index is 318. The Labute approximate surface area is 102 Å². The second kappa shape index (κ2) is 7.36. The Morgan fingerprint density at radius 1 is 1.44 bits per heavy atom. The van der Waals surface area contributed by atoms with Crippen LogP contribution in [0.25, 0.3) is 0 Å². The minimum absolute atomic E-state index is 0.645. The van der Waals surface area contributed by atoms with Crippen molar-refractivity contribution < 1.29 is 4.74 Å². The van der Waals surface area contributed by atoms with Crippen molar-refractivity contribution in [2.45, 2.75) is 19.8 Å². The van der Waals surface area contributed by atoms with Gasteiger partial charge in [0, 0.05) is 12.2 Å². The molecule has 0 unspecified atom stereocenters. The molecule has 0 heterocycles. The molecule has 0 amide bonds. The number of rotatable bonds is 7. The summed E-state index contributed by atoms with van der Waals surface area (Å²) in [5.41, 5.74) is 6.42. The first-order valence-electron chi connectivity index (χ1n) is 5.64. The second-order valence-corrected chi connectivity index (χ2v) is 3.97. The summed E-state index contributed by atoms with van der Waals surface area (Å²) in [6.07, 6.45) is 1.93. The lowest BCUT2D eigenvalue weighted by atomic mass is 10.3. The third-order valence-electron chi connectivity index (χ3n) is 2.10. The van der Waals surface area contributed by atoms with Crippen LogP contribution in [0.2, 0.25) is 5.02 Å². The van der Waals surface area contributed by atoms with Gasteiger partial charge in [-0.25, -0.2) is 0 Å². The number of ether oxygens (including phenoxy) is 1. The smallest absolute Gasteiger partial charge is 0.138 e. The molecule has 16 heavy (non-hydrogen) atoms. The maximum Gasteiger partial charge on any atom is 0.138 e. The van der Waals surface area contributed by atoms with Gasteiger partial charge in [0.25, 0.3) is 0 Å². The van der Waals surface area contributed by atoms with Crippen molar-refractivity contribution >= 4 is 17.3 Å². The number of nitrogens with one attached hydrogen (secondary N) is 1. The summed E-state index contributed by atoms with van der Waals surface area (Å²) >= 11 is 6.09. The fraction of sp³-hybridized carbons (Fsp3) is 0.500. The molecule has 3 N–H and O–H groups in total. The molecule has 0 aromatic heterocycles. The van der Waals surface area contributed by atoms with Gasteiger partial charge in [-0.1, -0.05) is 18.5 Å². The Kier molecular flexibility index (Phi) is 6.04. The van der Waals surface area contributed by atoms with Gasteiger partial charge in [-0.2, -0.15) is 0 Å². The van der Waals surface area contributed by atoms with Gasteiger partial charge < -0.3 is 15.8 Å². The number of anilines is 1. The van der Waals surface area contributed by atoms with Gasteiger partial charge in [-0.15, -0.1) is 0 Å². The number of halogens is 1. The van der Waals surface area contributed by atoms with E-state index in [2.05, 4.69) is 12.2 Å². The highest BCUT2D eigenvalue weighted by Gasteiger charge is 2.02. The lowest BCUT2D eigenvalue weighted by molar-refractivity contribution is 0.317. The molecule has 0 fully saturated rings. The fourth-order valence-electron chi connectivity index (χ4n) is 1.27. The minimum atomic E-state index is 0.645. The van der Waals surface area contributed by atoms with Crippen LogP contribution >= 0.6 is 11.6 Å². The van der Waals surface area contributed by atoms with E-state index in [1.165, 1.54) is 0 Å². The Morgan fingerprint density at radius 2 is 2.25 bits per heavy atom. The second-order valence-electron chi connectivity index (χ2n) is 3.56. The van der Waals surface area contributed by atoms with E-state index in [9.17, 15) is 0 Å². The molecule has 90 valence electrons. The van der Waals surface area contributed by atoms with Gasteiger partial charge in [-0.05, 0) is 37.6 Å². The summed E-state index contributed by atoms with van der Waals surface area (Å²) in [7, 11) is 0. The van der Waals surface area contributed by atoms with Crippen LogP contribution in [0, 0.1) is 0 Å². The standard InChI is InChI=1S/C12H19ClN2O/c1-2-8-16-12-5-4-10(9-11(12)13)15-7-3-6-14/h4-5,9,15H,2-3,6-8,14H2,1H3. The van der Waals surface area contributed by atoms with Crippen LogP contribution in [0.5, 0.6) is 5.75 Å². The Balaban J connectivity index is 2.53. The molecule has 3 nitrogen and oxygen atoms in total. The van der Waals surface area contributed by atoms with Crippen LogP contribution in [0.15, 0.2) is 18.2 Å². The molecule has 0 aliphatic carbocycles. The maximum atomic E-state index is 6.09. The summed E-state index contributed by atoms with van der Waals surface area (Å²) in [6.45, 7) is 4.32. The quantitative estimate of drug-likeness (QED) is 0.723. The van der Waals surface area contributed by atoms with Crippen molar-refractivity contribution in [1.82, 2.24) is 0 Å². The van der Waals surface area contributed by atoms with Crippen LogP contribution in [-0.2, 0) is 0 Å². The first-order valence-corrected chi connectivity index (χ1v) is 6.02. The van der Waals surface area contributed by atoms with E-state index in [4.69, 9.17) is 22.1 Å². The number of nitrogens with two attached hydrogens (primary N) is 1. The Morgan fingerprint density at radius 3 is 2.88 bits per heavy atom. The SMILES string of the molecule is CCCOc1ccc(NCCCN)cc1Cl. The van der Waals surface area contributed by atoms with Crippen molar-refractivity contribution in [3.63, 3.8) is 0 Å². The maximum absolute atomic E-state index is 6.09. The average molecular weight is 243 g/mol. The molecule has 0 spiro atoms. The molecule has 0 saturated heterocycles. The van der Waals surface area contributed by atoms with Crippen molar-refractivity contribution in [2.75, 3.05) is 25.0 Å². The normalized spacial score (nSPS) is 10.2. The third kappa shape index (κ3) is 4.29. The zero-order chi connectivity index (χ0) is 11.8. The van der Waals surface area contributed by atoms with Crippen LogP contribution in [-0.4, -0.2) is 19.7 Å². The van der Waals surface area contributed by atoms with E-state index in [0.717, 1.165) is 30.8 Å². The summed E-state index contributed by atoms with van der Waals surface area (Å²) in [4.78, 5) is 0. The van der Waals surface area contributed by atoms with Crippen LogP contribution in [0.3, 0.4) is 0 Å². The van der Waals surface area contributed by atoms with Gasteiger partial charge in [0.2, 0.25) is 0 Å². The molecular formula is C12H19ClN2O. The van der Waals surface area contributed by atoms with Crippen molar-refractivity contribution in [1.29, 1.82) is 0 Å². The van der Waals surface area contributed by atoms with E-state index < -0.39 is 0 Å². The summed E-state index contributed by atoms with van der Waals surface area (Å²) in [5, 5.41) is 3.89. The van der Waals surface area contributed by atoms with E-state index >= 15 is 0 Å². The van der Waals surface area contributed by atoms with Crippen molar-refractivity contribution in [2.24, 2.45) is 5.73 Å². The highest BCUT2D eigenvalue weighted by atomic mass is 35.5. The van der Waals surface area contributed by atoms with Gasteiger partial charge >= 0.3 is 0 Å². The van der Waals surface area contributed by atoms with Crippen LogP contribution in [0.1, 0.15) is 19.8 Å². The first kappa shape index (κ1) is 13.1. The highest BCUT2D eigenvalue weighted by Crippen LogP contribution is 2.27.